The SMILES string of the molecule is Cc1ccc(S(=O)(=O)N(C)C)cc1NC(=O)c1ccc(F)c(S(=O)(=O)N2CCCCC2)c1. The van der Waals surface area contributed by atoms with Crippen molar-refractivity contribution in [3.05, 3.63) is 53.3 Å². The van der Waals surface area contributed by atoms with Crippen molar-refractivity contribution in [3.8, 4) is 0 Å². The number of carbonyl (C=O) groups is 1. The molecule has 11 heteroatoms. The van der Waals surface area contributed by atoms with Crippen LogP contribution in [0.25, 0.3) is 0 Å². The Labute approximate surface area is 188 Å². The Bertz CT molecular complexity index is 1240. The van der Waals surface area contributed by atoms with Crippen molar-refractivity contribution in [2.45, 2.75) is 36.0 Å². The van der Waals surface area contributed by atoms with Crippen LogP contribution in [-0.2, 0) is 20.0 Å². The molecule has 2 aromatic carbocycles. The van der Waals surface area contributed by atoms with Crippen LogP contribution < -0.4 is 5.32 Å². The van der Waals surface area contributed by atoms with Gasteiger partial charge in [-0.2, -0.15) is 4.31 Å². The second-order valence-electron chi connectivity index (χ2n) is 7.83. The van der Waals surface area contributed by atoms with Crippen LogP contribution in [0.4, 0.5) is 10.1 Å². The Morgan fingerprint density at radius 3 is 2.28 bits per heavy atom. The fraction of sp³-hybridized carbons (Fsp3) is 0.381. The number of carbonyl (C=O) groups excluding carboxylic acids is 1. The first-order chi connectivity index (χ1) is 14.9. The molecule has 174 valence electrons. The fourth-order valence-corrected chi connectivity index (χ4v) is 5.92. The van der Waals surface area contributed by atoms with E-state index in [0.29, 0.717) is 31.5 Å². The third-order valence-corrected chi connectivity index (χ3v) is 9.09. The molecule has 3 rings (SSSR count). The van der Waals surface area contributed by atoms with Gasteiger partial charge in [0.25, 0.3) is 5.91 Å². The summed E-state index contributed by atoms with van der Waals surface area (Å²) in [5.74, 6) is -1.61. The molecule has 1 amide bonds. The van der Waals surface area contributed by atoms with E-state index in [-0.39, 0.29) is 16.1 Å². The van der Waals surface area contributed by atoms with Crippen molar-refractivity contribution in [1.82, 2.24) is 8.61 Å². The van der Waals surface area contributed by atoms with Crippen LogP contribution in [0, 0.1) is 12.7 Å². The summed E-state index contributed by atoms with van der Waals surface area (Å²) in [5.41, 5.74) is 0.810. The van der Waals surface area contributed by atoms with Crippen LogP contribution in [0.15, 0.2) is 46.2 Å². The lowest BCUT2D eigenvalue weighted by atomic mass is 10.1. The number of anilines is 1. The predicted molar refractivity (Wildman–Crippen MR) is 119 cm³/mol. The average Bonchev–Trinajstić information content (AvgIpc) is 2.75. The lowest BCUT2D eigenvalue weighted by Gasteiger charge is -2.26. The average molecular weight is 484 g/mol. The summed E-state index contributed by atoms with van der Waals surface area (Å²) >= 11 is 0. The van der Waals surface area contributed by atoms with Crippen LogP contribution in [-0.4, -0.2) is 58.5 Å². The van der Waals surface area contributed by atoms with E-state index in [0.717, 1.165) is 22.9 Å². The quantitative estimate of drug-likeness (QED) is 0.681. The van der Waals surface area contributed by atoms with E-state index in [9.17, 15) is 26.0 Å². The van der Waals surface area contributed by atoms with Gasteiger partial charge in [-0.15, -0.1) is 0 Å². The molecule has 1 aliphatic rings. The first-order valence-electron chi connectivity index (χ1n) is 10.1. The van der Waals surface area contributed by atoms with E-state index < -0.39 is 36.7 Å². The smallest absolute Gasteiger partial charge is 0.255 e. The highest BCUT2D eigenvalue weighted by molar-refractivity contribution is 7.89. The molecular formula is C21H26FN3O5S2. The highest BCUT2D eigenvalue weighted by atomic mass is 32.2. The molecule has 0 spiro atoms. The van der Waals surface area contributed by atoms with E-state index in [4.69, 9.17) is 0 Å². The first-order valence-corrected chi connectivity index (χ1v) is 13.0. The standard InChI is InChI=1S/C21H26FN3O5S2/c1-15-7-9-17(31(27,28)24(2)3)14-19(15)23-21(26)16-8-10-18(22)20(13-16)32(29,30)25-11-5-4-6-12-25/h7-10,13-14H,4-6,11-12H2,1-3H3,(H,23,26). The van der Waals surface area contributed by atoms with Gasteiger partial charge in [0.05, 0.1) is 4.90 Å². The largest absolute Gasteiger partial charge is 0.322 e. The van der Waals surface area contributed by atoms with Gasteiger partial charge in [0.1, 0.15) is 10.7 Å². The molecule has 0 bridgehead atoms. The van der Waals surface area contributed by atoms with Gasteiger partial charge in [0, 0.05) is 38.4 Å². The van der Waals surface area contributed by atoms with Gasteiger partial charge < -0.3 is 5.32 Å². The van der Waals surface area contributed by atoms with Crippen molar-refractivity contribution < 1.29 is 26.0 Å². The van der Waals surface area contributed by atoms with Gasteiger partial charge in [-0.1, -0.05) is 12.5 Å². The summed E-state index contributed by atoms with van der Waals surface area (Å²) < 4.78 is 67.3. The predicted octanol–water partition coefficient (Wildman–Crippen LogP) is 2.81. The number of aryl methyl sites for hydroxylation is 1. The molecule has 1 saturated heterocycles. The molecular weight excluding hydrogens is 457 g/mol. The normalized spacial score (nSPS) is 15.7. The molecule has 0 unspecified atom stereocenters. The molecule has 1 heterocycles. The second-order valence-corrected chi connectivity index (χ2v) is 11.9. The maximum atomic E-state index is 14.4. The molecule has 8 nitrogen and oxygen atoms in total. The zero-order valence-electron chi connectivity index (χ0n) is 18.1. The van der Waals surface area contributed by atoms with Gasteiger partial charge in [0.2, 0.25) is 20.0 Å². The number of piperidine rings is 1. The maximum absolute atomic E-state index is 14.4. The highest BCUT2D eigenvalue weighted by Crippen LogP contribution is 2.26. The Morgan fingerprint density at radius 1 is 1.00 bits per heavy atom. The number of nitrogens with zero attached hydrogens (tertiary/aromatic N) is 2. The molecule has 0 radical (unpaired) electrons. The number of rotatable bonds is 6. The zero-order valence-corrected chi connectivity index (χ0v) is 19.8. The van der Waals surface area contributed by atoms with Gasteiger partial charge in [-0.3, -0.25) is 4.79 Å². The van der Waals surface area contributed by atoms with Gasteiger partial charge >= 0.3 is 0 Å². The third-order valence-electron chi connectivity index (χ3n) is 5.36. The zero-order chi connectivity index (χ0) is 23.7. The van der Waals surface area contributed by atoms with E-state index in [2.05, 4.69) is 5.32 Å². The topological polar surface area (TPSA) is 104 Å². The van der Waals surface area contributed by atoms with Crippen molar-refractivity contribution >= 4 is 31.6 Å². The summed E-state index contributed by atoms with van der Waals surface area (Å²) in [6.45, 7) is 2.31. The third kappa shape index (κ3) is 4.85. The molecule has 1 N–H and O–H groups in total. The maximum Gasteiger partial charge on any atom is 0.255 e. The summed E-state index contributed by atoms with van der Waals surface area (Å²) in [6, 6.07) is 7.48. The molecule has 0 atom stereocenters. The Morgan fingerprint density at radius 2 is 1.66 bits per heavy atom. The molecule has 1 aliphatic heterocycles. The number of hydrogen-bond acceptors (Lipinski definition) is 5. The summed E-state index contributed by atoms with van der Waals surface area (Å²) in [6.07, 6.45) is 2.32. The van der Waals surface area contributed by atoms with Crippen molar-refractivity contribution in [1.29, 1.82) is 0 Å². The Kier molecular flexibility index (Phi) is 7.03. The summed E-state index contributed by atoms with van der Waals surface area (Å²) in [7, 11) is -4.99. The number of hydrogen-bond donors (Lipinski definition) is 1. The minimum absolute atomic E-state index is 0.00382. The number of amides is 1. The van der Waals surface area contributed by atoms with E-state index in [1.165, 1.54) is 36.6 Å². The molecule has 0 aromatic heterocycles. The minimum Gasteiger partial charge on any atom is -0.322 e. The molecule has 32 heavy (non-hydrogen) atoms. The lowest BCUT2D eigenvalue weighted by molar-refractivity contribution is 0.102. The van der Waals surface area contributed by atoms with Crippen LogP contribution >= 0.6 is 0 Å². The number of nitrogens with one attached hydrogen (secondary N) is 1. The first kappa shape index (κ1) is 24.3. The second kappa shape index (κ2) is 9.26. The van der Waals surface area contributed by atoms with Gasteiger partial charge in [0.15, 0.2) is 0 Å². The van der Waals surface area contributed by atoms with E-state index >= 15 is 0 Å². The molecule has 2 aromatic rings. The Balaban J connectivity index is 1.92. The highest BCUT2D eigenvalue weighted by Gasteiger charge is 2.29. The van der Waals surface area contributed by atoms with E-state index in [1.54, 1.807) is 13.0 Å². The van der Waals surface area contributed by atoms with Crippen molar-refractivity contribution in [3.63, 3.8) is 0 Å². The lowest BCUT2D eigenvalue weighted by Crippen LogP contribution is -2.36. The van der Waals surface area contributed by atoms with Gasteiger partial charge in [-0.05, 0) is 55.7 Å². The van der Waals surface area contributed by atoms with Crippen molar-refractivity contribution in [2.75, 3.05) is 32.5 Å². The van der Waals surface area contributed by atoms with Crippen LogP contribution in [0.2, 0.25) is 0 Å². The van der Waals surface area contributed by atoms with Gasteiger partial charge in [-0.25, -0.2) is 25.5 Å². The number of halogens is 1. The Hall–Kier alpha value is -2.34. The number of sulfonamides is 2. The number of benzene rings is 2. The summed E-state index contributed by atoms with van der Waals surface area (Å²) in [5, 5.41) is 2.60. The van der Waals surface area contributed by atoms with Crippen LogP contribution in [0.3, 0.4) is 0 Å². The van der Waals surface area contributed by atoms with Crippen LogP contribution in [0.5, 0.6) is 0 Å². The van der Waals surface area contributed by atoms with Crippen LogP contribution in [0.1, 0.15) is 35.2 Å². The fourth-order valence-electron chi connectivity index (χ4n) is 3.39. The molecule has 0 saturated carbocycles. The molecule has 0 aliphatic carbocycles. The minimum atomic E-state index is -4.07. The summed E-state index contributed by atoms with van der Waals surface area (Å²) in [4.78, 5) is 12.3. The van der Waals surface area contributed by atoms with E-state index in [1.807, 2.05) is 0 Å². The van der Waals surface area contributed by atoms with Crippen molar-refractivity contribution in [2.24, 2.45) is 0 Å². The molecule has 1 fully saturated rings. The monoisotopic (exact) mass is 483 g/mol.